The number of rotatable bonds is 3. The number of amides is 2. The third kappa shape index (κ3) is 3.10. The first-order valence-electron chi connectivity index (χ1n) is 11.7. The van der Waals surface area contributed by atoms with E-state index in [4.69, 9.17) is 9.47 Å². The summed E-state index contributed by atoms with van der Waals surface area (Å²) in [6, 6.07) is 18.4. The minimum Gasteiger partial charge on any atom is -0.454 e. The number of hydrogen-bond donors (Lipinski definition) is 1. The third-order valence-corrected chi connectivity index (χ3v) is 7.13. The van der Waals surface area contributed by atoms with E-state index in [9.17, 15) is 9.59 Å². The summed E-state index contributed by atoms with van der Waals surface area (Å²) in [4.78, 5) is 38.7. The number of para-hydroxylation sites is 1. The number of nitrogens with one attached hydrogen (secondary N) is 1. The van der Waals surface area contributed by atoms with Crippen molar-refractivity contribution >= 4 is 22.7 Å². The Morgan fingerprint density at radius 3 is 2.74 bits per heavy atom. The molecule has 2 amide bonds. The average Bonchev–Trinajstić information content (AvgIpc) is 3.50. The molecule has 1 fully saturated rings. The Morgan fingerprint density at radius 2 is 1.86 bits per heavy atom. The lowest BCUT2D eigenvalue weighted by molar-refractivity contribution is -0.159. The summed E-state index contributed by atoms with van der Waals surface area (Å²) in [5.41, 5.74) is 4.66. The van der Waals surface area contributed by atoms with Crippen molar-refractivity contribution in [3.05, 3.63) is 89.4 Å². The summed E-state index contributed by atoms with van der Waals surface area (Å²) in [6.45, 7) is 0.501. The Bertz CT molecular complexity index is 1480. The van der Waals surface area contributed by atoms with Gasteiger partial charge in [-0.2, -0.15) is 0 Å². The van der Waals surface area contributed by atoms with Crippen molar-refractivity contribution in [3.63, 3.8) is 0 Å². The summed E-state index contributed by atoms with van der Waals surface area (Å²) < 4.78 is 11.1. The van der Waals surface area contributed by atoms with Crippen LogP contribution in [0, 0.1) is 0 Å². The smallest absolute Gasteiger partial charge is 0.246 e. The summed E-state index contributed by atoms with van der Waals surface area (Å²) in [5.74, 6) is 1.19. The van der Waals surface area contributed by atoms with Crippen LogP contribution >= 0.6 is 0 Å². The van der Waals surface area contributed by atoms with Crippen LogP contribution in [-0.2, 0) is 22.6 Å². The molecule has 5 heterocycles. The molecular weight excluding hydrogens is 444 g/mol. The van der Waals surface area contributed by atoms with Crippen LogP contribution in [0.3, 0.4) is 0 Å². The minimum atomic E-state index is -0.595. The van der Waals surface area contributed by atoms with Crippen molar-refractivity contribution in [2.24, 2.45) is 0 Å². The van der Waals surface area contributed by atoms with Gasteiger partial charge in [-0.25, -0.2) is 0 Å². The lowest BCUT2D eigenvalue weighted by Gasteiger charge is -2.47. The summed E-state index contributed by atoms with van der Waals surface area (Å²) in [5, 5.41) is 1.08. The lowest BCUT2D eigenvalue weighted by atomic mass is 9.86. The van der Waals surface area contributed by atoms with Crippen LogP contribution in [0.25, 0.3) is 10.9 Å². The topological polar surface area (TPSA) is 87.8 Å². The molecule has 4 aromatic rings. The highest BCUT2D eigenvalue weighted by Gasteiger charge is 2.48. The molecule has 0 bridgehead atoms. The molecule has 7 rings (SSSR count). The van der Waals surface area contributed by atoms with Gasteiger partial charge in [0, 0.05) is 29.2 Å². The molecule has 1 N–H and O–H groups in total. The van der Waals surface area contributed by atoms with Gasteiger partial charge in [0.1, 0.15) is 12.6 Å². The van der Waals surface area contributed by atoms with E-state index in [1.807, 2.05) is 54.6 Å². The maximum Gasteiger partial charge on any atom is 0.246 e. The number of fused-ring (bicyclic) bond motifs is 5. The number of pyridine rings is 1. The average molecular weight is 466 g/mol. The van der Waals surface area contributed by atoms with Crippen LogP contribution in [0.5, 0.6) is 11.5 Å². The number of aromatic amines is 1. The van der Waals surface area contributed by atoms with Gasteiger partial charge in [0.15, 0.2) is 11.5 Å². The van der Waals surface area contributed by atoms with Gasteiger partial charge in [0.2, 0.25) is 18.6 Å². The Kier molecular flexibility index (Phi) is 4.36. The van der Waals surface area contributed by atoms with E-state index in [2.05, 4.69) is 16.0 Å². The summed E-state index contributed by atoms with van der Waals surface area (Å²) in [6.07, 6.45) is 2.16. The van der Waals surface area contributed by atoms with Crippen LogP contribution in [0.4, 0.5) is 0 Å². The fraction of sp³-hybridized carbons (Fsp3) is 0.222. The fourth-order valence-electron chi connectivity index (χ4n) is 5.57. The van der Waals surface area contributed by atoms with Crippen molar-refractivity contribution in [3.8, 4) is 11.5 Å². The molecule has 8 heteroatoms. The lowest BCUT2D eigenvalue weighted by Crippen LogP contribution is -2.62. The van der Waals surface area contributed by atoms with E-state index in [0.717, 1.165) is 33.4 Å². The van der Waals surface area contributed by atoms with Gasteiger partial charge in [-0.05, 0) is 41.5 Å². The number of piperazine rings is 1. The molecule has 0 saturated carbocycles. The van der Waals surface area contributed by atoms with Crippen LogP contribution in [0.1, 0.15) is 28.6 Å². The van der Waals surface area contributed by atoms with Crippen LogP contribution in [-0.4, -0.2) is 51.0 Å². The SMILES string of the molecule is O=C1[C@@H]2Cc3c([nH]c4ccccc34)[C@H](c3ccc4c(c3)OCO4)N2C(=O)CN1Cc1ccccn1. The van der Waals surface area contributed by atoms with Crippen molar-refractivity contribution in [2.45, 2.75) is 25.0 Å². The van der Waals surface area contributed by atoms with E-state index >= 15 is 0 Å². The molecule has 0 spiro atoms. The van der Waals surface area contributed by atoms with Crippen LogP contribution in [0.15, 0.2) is 66.9 Å². The molecule has 3 aliphatic rings. The maximum atomic E-state index is 13.8. The highest BCUT2D eigenvalue weighted by molar-refractivity contribution is 5.97. The van der Waals surface area contributed by atoms with Gasteiger partial charge in [-0.15, -0.1) is 0 Å². The molecule has 8 nitrogen and oxygen atoms in total. The standard InChI is InChI=1S/C27H22N4O4/c32-24-14-30(13-17-5-3-4-10-28-17)27(33)21-12-19-18-6-1-2-7-20(18)29-25(19)26(31(21)24)16-8-9-22-23(11-16)35-15-34-22/h1-11,21,26,29H,12-15H2/t21-,26-/m0/s1. The Morgan fingerprint density at radius 1 is 1.00 bits per heavy atom. The molecule has 0 aliphatic carbocycles. The third-order valence-electron chi connectivity index (χ3n) is 7.13. The second-order valence-electron chi connectivity index (χ2n) is 9.11. The maximum absolute atomic E-state index is 13.8. The molecule has 2 aromatic heterocycles. The molecule has 0 radical (unpaired) electrons. The normalized spacial score (nSPS) is 20.8. The quantitative estimate of drug-likeness (QED) is 0.501. The Balaban J connectivity index is 1.35. The minimum absolute atomic E-state index is 0.0164. The molecule has 1 saturated heterocycles. The Labute approximate surface area is 201 Å². The first-order valence-corrected chi connectivity index (χ1v) is 11.7. The zero-order chi connectivity index (χ0) is 23.5. The molecule has 0 unspecified atom stereocenters. The number of benzene rings is 2. The van der Waals surface area contributed by atoms with Gasteiger partial charge in [0.25, 0.3) is 0 Å². The fourth-order valence-corrected chi connectivity index (χ4v) is 5.57. The molecule has 2 aromatic carbocycles. The van der Waals surface area contributed by atoms with Gasteiger partial charge < -0.3 is 24.3 Å². The first kappa shape index (κ1) is 20.1. The predicted molar refractivity (Wildman–Crippen MR) is 127 cm³/mol. The van der Waals surface area contributed by atoms with Crippen molar-refractivity contribution in [1.82, 2.24) is 19.8 Å². The number of carbonyl (C=O) groups excluding carboxylic acids is 2. The second-order valence-corrected chi connectivity index (χ2v) is 9.11. The molecule has 35 heavy (non-hydrogen) atoms. The molecule has 174 valence electrons. The molecule has 3 aliphatic heterocycles. The van der Waals surface area contributed by atoms with Crippen molar-refractivity contribution < 1.29 is 19.1 Å². The Hall–Kier alpha value is -4.33. The number of nitrogens with zero attached hydrogens (tertiary/aromatic N) is 3. The largest absolute Gasteiger partial charge is 0.454 e. The van der Waals surface area contributed by atoms with Crippen molar-refractivity contribution in [1.29, 1.82) is 0 Å². The molecular formula is C27H22N4O4. The number of H-pyrrole nitrogens is 1. The van der Waals surface area contributed by atoms with Crippen molar-refractivity contribution in [2.75, 3.05) is 13.3 Å². The van der Waals surface area contributed by atoms with Crippen LogP contribution < -0.4 is 9.47 Å². The summed E-state index contributed by atoms with van der Waals surface area (Å²) in [7, 11) is 0. The van der Waals surface area contributed by atoms with E-state index in [1.165, 1.54) is 0 Å². The number of aromatic nitrogens is 2. The van der Waals surface area contributed by atoms with Gasteiger partial charge in [-0.3, -0.25) is 14.6 Å². The monoisotopic (exact) mass is 466 g/mol. The van der Waals surface area contributed by atoms with E-state index in [-0.39, 0.29) is 25.2 Å². The number of hydrogen-bond acceptors (Lipinski definition) is 5. The second kappa shape index (κ2) is 7.59. The van der Waals surface area contributed by atoms with E-state index in [1.54, 1.807) is 16.0 Å². The highest BCUT2D eigenvalue weighted by atomic mass is 16.7. The first-order chi connectivity index (χ1) is 17.2. The van der Waals surface area contributed by atoms with Gasteiger partial charge >= 0.3 is 0 Å². The zero-order valence-electron chi connectivity index (χ0n) is 18.8. The van der Waals surface area contributed by atoms with E-state index < -0.39 is 12.1 Å². The molecule has 2 atom stereocenters. The van der Waals surface area contributed by atoms with Crippen LogP contribution in [0.2, 0.25) is 0 Å². The van der Waals surface area contributed by atoms with E-state index in [0.29, 0.717) is 24.5 Å². The zero-order valence-corrected chi connectivity index (χ0v) is 18.8. The van der Waals surface area contributed by atoms with Gasteiger partial charge in [-0.1, -0.05) is 30.3 Å². The number of ether oxygens (including phenoxy) is 2. The number of carbonyl (C=O) groups is 2. The summed E-state index contributed by atoms with van der Waals surface area (Å²) >= 11 is 0. The predicted octanol–water partition coefficient (Wildman–Crippen LogP) is 3.18. The highest BCUT2D eigenvalue weighted by Crippen LogP contribution is 2.45. The van der Waals surface area contributed by atoms with Gasteiger partial charge in [0.05, 0.1) is 18.3 Å².